The molecular formula is C19H15ClN6O. The second-order valence-electron chi connectivity index (χ2n) is 5.97. The van der Waals surface area contributed by atoms with Crippen LogP contribution in [-0.4, -0.2) is 26.0 Å². The highest BCUT2D eigenvalue weighted by atomic mass is 35.5. The van der Waals surface area contributed by atoms with Crippen LogP contribution in [0.5, 0.6) is 0 Å². The number of aldehydes is 1. The Hall–Kier alpha value is -3.45. The van der Waals surface area contributed by atoms with Gasteiger partial charge < -0.3 is 11.1 Å². The molecule has 0 saturated carbocycles. The zero-order chi connectivity index (χ0) is 18.8. The zero-order valence-corrected chi connectivity index (χ0v) is 14.9. The first-order valence-electron chi connectivity index (χ1n) is 8.17. The number of nitrogens with one attached hydrogen (secondary N) is 1. The summed E-state index contributed by atoms with van der Waals surface area (Å²) < 4.78 is 1.91. The Balaban J connectivity index is 1.63. The van der Waals surface area contributed by atoms with Gasteiger partial charge in [0, 0.05) is 16.1 Å². The number of anilines is 3. The van der Waals surface area contributed by atoms with Crippen molar-refractivity contribution in [1.82, 2.24) is 19.7 Å². The normalized spacial score (nSPS) is 10.9. The standard InChI is InChI=1S/C19H15ClN6O/c20-14-3-1-2-12(6-14)9-26-17-5-4-15(7-13(17)8-24-26)25-19-16(10-27)18(21)22-11-23-19/h1-8,10-11H,9H2,(H3,21,22,23,25). The van der Waals surface area contributed by atoms with Crippen LogP contribution in [0.15, 0.2) is 55.0 Å². The number of nitrogens with two attached hydrogens (primary N) is 1. The van der Waals surface area contributed by atoms with Crippen molar-refractivity contribution < 1.29 is 4.79 Å². The van der Waals surface area contributed by atoms with Crippen molar-refractivity contribution in [2.75, 3.05) is 11.1 Å². The molecule has 0 unspecified atom stereocenters. The third-order valence-corrected chi connectivity index (χ3v) is 4.39. The summed E-state index contributed by atoms with van der Waals surface area (Å²) >= 11 is 6.05. The SMILES string of the molecule is Nc1ncnc(Nc2ccc3c(cnn3Cc3cccc(Cl)c3)c2)c1C=O. The van der Waals surface area contributed by atoms with Gasteiger partial charge in [-0.05, 0) is 35.9 Å². The molecule has 134 valence electrons. The highest BCUT2D eigenvalue weighted by Crippen LogP contribution is 2.24. The van der Waals surface area contributed by atoms with Crippen LogP contribution in [0.2, 0.25) is 5.02 Å². The molecule has 2 heterocycles. The molecule has 0 aliphatic rings. The summed E-state index contributed by atoms with van der Waals surface area (Å²) in [5.41, 5.74) is 8.77. The van der Waals surface area contributed by atoms with Crippen molar-refractivity contribution >= 4 is 46.1 Å². The number of rotatable bonds is 5. The number of aromatic nitrogens is 4. The van der Waals surface area contributed by atoms with Crippen molar-refractivity contribution in [3.63, 3.8) is 0 Å². The lowest BCUT2D eigenvalue weighted by Gasteiger charge is -2.09. The van der Waals surface area contributed by atoms with Gasteiger partial charge in [-0.3, -0.25) is 9.48 Å². The molecule has 2 aromatic carbocycles. The predicted molar refractivity (Wildman–Crippen MR) is 105 cm³/mol. The topological polar surface area (TPSA) is 98.7 Å². The van der Waals surface area contributed by atoms with Gasteiger partial charge in [0.1, 0.15) is 18.0 Å². The maximum Gasteiger partial charge on any atom is 0.157 e. The molecule has 0 saturated heterocycles. The first-order chi connectivity index (χ1) is 13.1. The monoisotopic (exact) mass is 378 g/mol. The van der Waals surface area contributed by atoms with Gasteiger partial charge >= 0.3 is 0 Å². The van der Waals surface area contributed by atoms with Crippen LogP contribution in [-0.2, 0) is 6.54 Å². The lowest BCUT2D eigenvalue weighted by molar-refractivity contribution is 0.112. The number of halogens is 1. The number of nitrogen functional groups attached to an aromatic ring is 1. The van der Waals surface area contributed by atoms with E-state index in [0.29, 0.717) is 23.7 Å². The van der Waals surface area contributed by atoms with Gasteiger partial charge in [0.2, 0.25) is 0 Å². The summed E-state index contributed by atoms with van der Waals surface area (Å²) in [6.07, 6.45) is 3.74. The summed E-state index contributed by atoms with van der Waals surface area (Å²) in [6.45, 7) is 0.620. The number of nitrogens with zero attached hydrogens (tertiary/aromatic N) is 4. The predicted octanol–water partition coefficient (Wildman–Crippen LogP) is 3.67. The number of hydrogen-bond donors (Lipinski definition) is 2. The Morgan fingerprint density at radius 3 is 2.89 bits per heavy atom. The van der Waals surface area contributed by atoms with E-state index in [-0.39, 0.29) is 11.4 Å². The molecule has 4 aromatic rings. The van der Waals surface area contributed by atoms with Crippen molar-refractivity contribution in [2.45, 2.75) is 6.54 Å². The maximum atomic E-state index is 11.2. The van der Waals surface area contributed by atoms with Crippen LogP contribution in [0.25, 0.3) is 10.9 Å². The second kappa shape index (κ2) is 7.05. The summed E-state index contributed by atoms with van der Waals surface area (Å²) in [5.74, 6) is 0.501. The molecule has 0 aliphatic carbocycles. The van der Waals surface area contributed by atoms with E-state index < -0.39 is 0 Å². The Morgan fingerprint density at radius 1 is 1.19 bits per heavy atom. The van der Waals surface area contributed by atoms with E-state index in [1.54, 1.807) is 6.20 Å². The second-order valence-corrected chi connectivity index (χ2v) is 6.41. The van der Waals surface area contributed by atoms with Gasteiger partial charge in [-0.25, -0.2) is 9.97 Å². The number of fused-ring (bicyclic) bond motifs is 1. The Labute approximate surface area is 159 Å². The average molecular weight is 379 g/mol. The van der Waals surface area contributed by atoms with Gasteiger partial charge in [0.05, 0.1) is 23.8 Å². The summed E-state index contributed by atoms with van der Waals surface area (Å²) in [6, 6.07) is 13.5. The third-order valence-electron chi connectivity index (χ3n) is 4.16. The van der Waals surface area contributed by atoms with Crippen molar-refractivity contribution in [2.24, 2.45) is 0 Å². The van der Waals surface area contributed by atoms with Crippen LogP contribution in [0.4, 0.5) is 17.3 Å². The van der Waals surface area contributed by atoms with Crippen molar-refractivity contribution in [3.05, 3.63) is 71.1 Å². The summed E-state index contributed by atoms with van der Waals surface area (Å²) in [4.78, 5) is 19.1. The van der Waals surface area contributed by atoms with Crippen LogP contribution < -0.4 is 11.1 Å². The van der Waals surface area contributed by atoms with E-state index in [1.807, 2.05) is 47.1 Å². The average Bonchev–Trinajstić information content (AvgIpc) is 3.04. The fourth-order valence-electron chi connectivity index (χ4n) is 2.86. The van der Waals surface area contributed by atoms with Crippen LogP contribution >= 0.6 is 11.6 Å². The van der Waals surface area contributed by atoms with E-state index in [4.69, 9.17) is 17.3 Å². The molecule has 0 radical (unpaired) electrons. The lowest BCUT2D eigenvalue weighted by atomic mass is 10.2. The van der Waals surface area contributed by atoms with Crippen LogP contribution in [0.1, 0.15) is 15.9 Å². The lowest BCUT2D eigenvalue weighted by Crippen LogP contribution is -2.04. The third kappa shape index (κ3) is 3.45. The smallest absolute Gasteiger partial charge is 0.157 e. The Bertz CT molecular complexity index is 1140. The number of hydrogen-bond acceptors (Lipinski definition) is 6. The molecule has 8 heteroatoms. The molecule has 0 fully saturated rings. The van der Waals surface area contributed by atoms with Crippen molar-refractivity contribution in [3.8, 4) is 0 Å². The van der Waals surface area contributed by atoms with E-state index in [9.17, 15) is 4.79 Å². The Morgan fingerprint density at radius 2 is 2.07 bits per heavy atom. The quantitative estimate of drug-likeness (QED) is 0.514. The molecule has 0 spiro atoms. The summed E-state index contributed by atoms with van der Waals surface area (Å²) in [5, 5.41) is 9.22. The minimum absolute atomic E-state index is 0.137. The van der Waals surface area contributed by atoms with Gasteiger partial charge in [-0.2, -0.15) is 5.10 Å². The fraction of sp³-hybridized carbons (Fsp3) is 0.0526. The van der Waals surface area contributed by atoms with E-state index in [1.165, 1.54) is 6.33 Å². The molecule has 0 amide bonds. The molecule has 2 aromatic heterocycles. The number of carbonyl (C=O) groups is 1. The largest absolute Gasteiger partial charge is 0.383 e. The van der Waals surface area contributed by atoms with E-state index in [0.717, 1.165) is 22.2 Å². The first-order valence-corrected chi connectivity index (χ1v) is 8.54. The fourth-order valence-corrected chi connectivity index (χ4v) is 3.07. The minimum Gasteiger partial charge on any atom is -0.383 e. The zero-order valence-electron chi connectivity index (χ0n) is 14.1. The van der Waals surface area contributed by atoms with Gasteiger partial charge in [0.15, 0.2) is 6.29 Å². The minimum atomic E-state index is 0.137. The molecule has 0 bridgehead atoms. The number of carbonyl (C=O) groups excluding carboxylic acids is 1. The highest BCUT2D eigenvalue weighted by molar-refractivity contribution is 6.30. The van der Waals surface area contributed by atoms with Gasteiger partial charge in [0.25, 0.3) is 0 Å². The van der Waals surface area contributed by atoms with E-state index in [2.05, 4.69) is 20.4 Å². The van der Waals surface area contributed by atoms with Crippen LogP contribution in [0, 0.1) is 0 Å². The molecule has 0 aliphatic heterocycles. The molecule has 3 N–H and O–H groups in total. The van der Waals surface area contributed by atoms with Gasteiger partial charge in [-0.1, -0.05) is 23.7 Å². The van der Waals surface area contributed by atoms with Crippen molar-refractivity contribution in [1.29, 1.82) is 0 Å². The molecule has 7 nitrogen and oxygen atoms in total. The molecule has 0 atom stereocenters. The van der Waals surface area contributed by atoms with Crippen LogP contribution in [0.3, 0.4) is 0 Å². The summed E-state index contributed by atoms with van der Waals surface area (Å²) in [7, 11) is 0. The molecule has 4 rings (SSSR count). The van der Waals surface area contributed by atoms with E-state index >= 15 is 0 Å². The first kappa shape index (κ1) is 17.0. The number of benzene rings is 2. The van der Waals surface area contributed by atoms with Gasteiger partial charge in [-0.15, -0.1) is 0 Å². The maximum absolute atomic E-state index is 11.2. The molecular weight excluding hydrogens is 364 g/mol. The molecule has 27 heavy (non-hydrogen) atoms. The Kier molecular flexibility index (Phi) is 4.43. The highest BCUT2D eigenvalue weighted by Gasteiger charge is 2.10.